The predicted octanol–water partition coefficient (Wildman–Crippen LogP) is 4.44. The number of hydrogen-bond donors (Lipinski definition) is 1. The van der Waals surface area contributed by atoms with Crippen LogP contribution in [0.5, 0.6) is 0 Å². The number of thioether (sulfide) groups is 1. The average molecular weight is 313 g/mol. The molecule has 1 unspecified atom stereocenters. The average Bonchev–Trinajstić information content (AvgIpc) is 2.34. The summed E-state index contributed by atoms with van der Waals surface area (Å²) in [6.45, 7) is 4.29. The number of benzene rings is 1. The summed E-state index contributed by atoms with van der Waals surface area (Å²) < 4.78 is 1.14. The van der Waals surface area contributed by atoms with Crippen molar-refractivity contribution in [2.24, 2.45) is 4.99 Å². The van der Waals surface area contributed by atoms with Gasteiger partial charge in [0, 0.05) is 15.9 Å². The smallest absolute Gasteiger partial charge is 0.161 e. The summed E-state index contributed by atoms with van der Waals surface area (Å²) in [6.07, 6.45) is 2.33. The Bertz CT molecular complexity index is 431. The minimum Gasteiger partial charge on any atom is -0.335 e. The monoisotopic (exact) mass is 312 g/mol. The normalized spacial score (nSPS) is 19.9. The lowest BCUT2D eigenvalue weighted by atomic mass is 10.2. The summed E-state index contributed by atoms with van der Waals surface area (Å²) in [5.41, 5.74) is 2.35. The van der Waals surface area contributed by atoms with Gasteiger partial charge in [0.15, 0.2) is 5.17 Å². The van der Waals surface area contributed by atoms with Gasteiger partial charge in [0.25, 0.3) is 0 Å². The van der Waals surface area contributed by atoms with Crippen LogP contribution in [0.25, 0.3) is 0 Å². The van der Waals surface area contributed by atoms with E-state index in [4.69, 9.17) is 4.99 Å². The van der Waals surface area contributed by atoms with Gasteiger partial charge in [-0.25, -0.2) is 0 Å². The highest BCUT2D eigenvalue weighted by Gasteiger charge is 2.14. The van der Waals surface area contributed by atoms with Crippen molar-refractivity contribution in [3.05, 3.63) is 28.2 Å². The lowest BCUT2D eigenvalue weighted by Gasteiger charge is -2.19. The molecule has 1 N–H and O–H groups in total. The van der Waals surface area contributed by atoms with E-state index in [9.17, 15) is 0 Å². The molecule has 0 saturated heterocycles. The molecular weight excluding hydrogens is 296 g/mol. The summed E-state index contributed by atoms with van der Waals surface area (Å²) in [5.74, 6) is 1.16. The summed E-state index contributed by atoms with van der Waals surface area (Å²) in [4.78, 5) is 4.70. The van der Waals surface area contributed by atoms with Crippen molar-refractivity contribution in [1.82, 2.24) is 0 Å². The van der Waals surface area contributed by atoms with E-state index >= 15 is 0 Å². The zero-order valence-electron chi connectivity index (χ0n) is 10.2. The van der Waals surface area contributed by atoms with E-state index in [0.29, 0.717) is 6.04 Å². The van der Waals surface area contributed by atoms with E-state index in [1.807, 2.05) is 11.8 Å². The molecule has 0 saturated carbocycles. The first kappa shape index (κ1) is 13.0. The number of aliphatic imine (C=N–C) groups is 1. The van der Waals surface area contributed by atoms with Crippen LogP contribution in [0.1, 0.15) is 25.3 Å². The lowest BCUT2D eigenvalue weighted by molar-refractivity contribution is 0.634. The van der Waals surface area contributed by atoms with Gasteiger partial charge < -0.3 is 5.32 Å². The van der Waals surface area contributed by atoms with Gasteiger partial charge in [0.05, 0.1) is 6.04 Å². The minimum atomic E-state index is 0.493. The molecule has 2 nitrogen and oxygen atoms in total. The van der Waals surface area contributed by atoms with Crippen LogP contribution in [0.15, 0.2) is 27.7 Å². The molecule has 0 fully saturated rings. The van der Waals surface area contributed by atoms with Gasteiger partial charge in [-0.1, -0.05) is 40.7 Å². The Hall–Kier alpha value is -0.480. The fraction of sp³-hybridized carbons (Fsp3) is 0.462. The summed E-state index contributed by atoms with van der Waals surface area (Å²) >= 11 is 5.36. The maximum atomic E-state index is 4.70. The van der Waals surface area contributed by atoms with E-state index < -0.39 is 0 Å². The molecular formula is C13H17BrN2S. The maximum absolute atomic E-state index is 4.70. The topological polar surface area (TPSA) is 24.4 Å². The first-order chi connectivity index (χ1) is 8.19. The molecule has 17 heavy (non-hydrogen) atoms. The molecule has 4 heteroatoms. The molecule has 92 valence electrons. The SMILES string of the molecule is CCC1CCSC(Nc2ccc(C)c(Br)c2)=N1. The van der Waals surface area contributed by atoms with Gasteiger partial charge in [-0.05, 0) is 37.5 Å². The van der Waals surface area contributed by atoms with Crippen LogP contribution in [0, 0.1) is 6.92 Å². The van der Waals surface area contributed by atoms with Crippen LogP contribution >= 0.6 is 27.7 Å². The lowest BCUT2D eigenvalue weighted by Crippen LogP contribution is -2.19. The second kappa shape index (κ2) is 5.91. The van der Waals surface area contributed by atoms with Crippen LogP contribution in [0.4, 0.5) is 5.69 Å². The van der Waals surface area contributed by atoms with Crippen LogP contribution in [-0.4, -0.2) is 17.0 Å². The molecule has 1 aromatic carbocycles. The van der Waals surface area contributed by atoms with E-state index in [2.05, 4.69) is 53.3 Å². The molecule has 0 radical (unpaired) electrons. The van der Waals surface area contributed by atoms with Crippen molar-refractivity contribution in [3.8, 4) is 0 Å². The number of aryl methyl sites for hydroxylation is 1. The number of nitrogens with zero attached hydrogens (tertiary/aromatic N) is 1. The van der Waals surface area contributed by atoms with Crippen LogP contribution in [-0.2, 0) is 0 Å². The van der Waals surface area contributed by atoms with Gasteiger partial charge in [-0.3, -0.25) is 4.99 Å². The summed E-state index contributed by atoms with van der Waals surface area (Å²) in [7, 11) is 0. The fourth-order valence-corrected chi connectivity index (χ4v) is 3.09. The summed E-state index contributed by atoms with van der Waals surface area (Å²) in [5, 5.41) is 4.45. The first-order valence-corrected chi connectivity index (χ1v) is 7.70. The molecule has 1 aromatic rings. The maximum Gasteiger partial charge on any atom is 0.161 e. The van der Waals surface area contributed by atoms with Crippen LogP contribution in [0.3, 0.4) is 0 Å². The first-order valence-electron chi connectivity index (χ1n) is 5.93. The standard InChI is InChI=1S/C13H17BrN2S/c1-3-10-6-7-17-13(15-10)16-11-5-4-9(2)12(14)8-11/h4-5,8,10H,3,6-7H2,1-2H3,(H,15,16). The highest BCUT2D eigenvalue weighted by molar-refractivity contribution is 9.10. The molecule has 0 spiro atoms. The Morgan fingerprint density at radius 2 is 2.35 bits per heavy atom. The fourth-order valence-electron chi connectivity index (χ4n) is 1.72. The molecule has 1 atom stereocenters. The number of halogens is 1. The van der Waals surface area contributed by atoms with Gasteiger partial charge in [0.1, 0.15) is 0 Å². The Balaban J connectivity index is 2.09. The molecule has 1 aliphatic heterocycles. The molecule has 0 aromatic heterocycles. The highest BCUT2D eigenvalue weighted by Crippen LogP contribution is 2.24. The largest absolute Gasteiger partial charge is 0.335 e. The van der Waals surface area contributed by atoms with Crippen molar-refractivity contribution in [2.75, 3.05) is 11.1 Å². The Labute approximate surface area is 115 Å². The molecule has 0 bridgehead atoms. The number of nitrogens with one attached hydrogen (secondary N) is 1. The number of rotatable bonds is 2. The van der Waals surface area contributed by atoms with Gasteiger partial charge in [-0.15, -0.1) is 0 Å². The van der Waals surface area contributed by atoms with Gasteiger partial charge in [0.2, 0.25) is 0 Å². The van der Waals surface area contributed by atoms with Crippen molar-refractivity contribution < 1.29 is 0 Å². The number of amidine groups is 1. The van der Waals surface area contributed by atoms with Crippen molar-refractivity contribution in [2.45, 2.75) is 32.7 Å². The third-order valence-corrected chi connectivity index (χ3v) is 4.66. The Morgan fingerprint density at radius 3 is 3.06 bits per heavy atom. The highest BCUT2D eigenvalue weighted by atomic mass is 79.9. The zero-order valence-corrected chi connectivity index (χ0v) is 12.6. The van der Waals surface area contributed by atoms with Gasteiger partial charge in [-0.2, -0.15) is 0 Å². The predicted molar refractivity (Wildman–Crippen MR) is 81.1 cm³/mol. The number of hydrogen-bond acceptors (Lipinski definition) is 3. The van der Waals surface area contributed by atoms with Crippen molar-refractivity contribution in [3.63, 3.8) is 0 Å². The van der Waals surface area contributed by atoms with Gasteiger partial charge >= 0.3 is 0 Å². The van der Waals surface area contributed by atoms with E-state index in [0.717, 1.165) is 27.5 Å². The van der Waals surface area contributed by atoms with E-state index in [1.165, 1.54) is 12.0 Å². The van der Waals surface area contributed by atoms with Crippen LogP contribution < -0.4 is 5.32 Å². The third kappa shape index (κ3) is 3.49. The molecule has 1 heterocycles. The third-order valence-electron chi connectivity index (χ3n) is 2.88. The summed E-state index contributed by atoms with van der Waals surface area (Å²) in [6, 6.07) is 6.80. The van der Waals surface area contributed by atoms with E-state index in [1.54, 1.807) is 0 Å². The quantitative estimate of drug-likeness (QED) is 0.873. The molecule has 1 aliphatic rings. The Morgan fingerprint density at radius 1 is 1.53 bits per heavy atom. The number of anilines is 1. The molecule has 2 rings (SSSR count). The molecule has 0 aliphatic carbocycles. The van der Waals surface area contributed by atoms with E-state index in [-0.39, 0.29) is 0 Å². The van der Waals surface area contributed by atoms with Crippen LogP contribution in [0.2, 0.25) is 0 Å². The van der Waals surface area contributed by atoms with Crippen molar-refractivity contribution >= 4 is 38.5 Å². The second-order valence-corrected chi connectivity index (χ2v) is 6.16. The molecule has 0 amide bonds. The Kier molecular flexibility index (Phi) is 4.51. The van der Waals surface area contributed by atoms with Crippen molar-refractivity contribution in [1.29, 1.82) is 0 Å². The minimum absolute atomic E-state index is 0.493. The second-order valence-electron chi connectivity index (χ2n) is 4.22. The zero-order chi connectivity index (χ0) is 12.3.